The molecule has 0 radical (unpaired) electrons. The number of carbonyl (C=O) groups excluding carboxylic acids is 1. The fourth-order valence-corrected chi connectivity index (χ4v) is 3.14. The predicted octanol–water partition coefficient (Wildman–Crippen LogP) is 3.55. The lowest BCUT2D eigenvalue weighted by molar-refractivity contribution is 0.0952. The van der Waals surface area contributed by atoms with Gasteiger partial charge in [0, 0.05) is 17.6 Å². The second kappa shape index (κ2) is 6.67. The molecule has 1 aliphatic heterocycles. The number of rotatable bonds is 3. The third-order valence-electron chi connectivity index (χ3n) is 4.40. The van der Waals surface area contributed by atoms with E-state index in [4.69, 9.17) is 9.47 Å². The minimum absolute atomic E-state index is 0.110. The topological polar surface area (TPSA) is 60.5 Å². The number of amides is 1. The molecule has 5 heteroatoms. The maximum Gasteiger partial charge on any atom is 0.252 e. The first-order chi connectivity index (χ1) is 12.6. The number of carbonyl (C=O) groups is 1. The van der Waals surface area contributed by atoms with Gasteiger partial charge < -0.3 is 14.8 Å². The van der Waals surface area contributed by atoms with Crippen LogP contribution < -0.4 is 14.8 Å². The molecule has 2 aromatic carbocycles. The molecule has 0 aliphatic carbocycles. The number of ether oxygens (including phenoxy) is 2. The summed E-state index contributed by atoms with van der Waals surface area (Å²) in [6.45, 7) is 5.44. The van der Waals surface area contributed by atoms with Gasteiger partial charge in [-0.25, -0.2) is 0 Å². The van der Waals surface area contributed by atoms with Crippen LogP contribution in [0.4, 0.5) is 0 Å². The second-order valence-electron chi connectivity index (χ2n) is 6.49. The molecule has 132 valence electrons. The Morgan fingerprint density at radius 2 is 1.85 bits per heavy atom. The van der Waals surface area contributed by atoms with E-state index in [9.17, 15) is 4.79 Å². The Bertz CT molecular complexity index is 998. The quantitative estimate of drug-likeness (QED) is 0.786. The average Bonchev–Trinajstić information content (AvgIpc) is 2.65. The Kier molecular flexibility index (Phi) is 4.21. The molecule has 0 fully saturated rings. The Balaban J connectivity index is 1.57. The van der Waals surface area contributed by atoms with Gasteiger partial charge in [-0.15, -0.1) is 0 Å². The lowest BCUT2D eigenvalue weighted by Crippen LogP contribution is -2.23. The molecule has 1 amide bonds. The van der Waals surface area contributed by atoms with Gasteiger partial charge in [0.1, 0.15) is 13.2 Å². The van der Waals surface area contributed by atoms with Crippen molar-refractivity contribution >= 4 is 16.8 Å². The summed E-state index contributed by atoms with van der Waals surface area (Å²) >= 11 is 0. The minimum Gasteiger partial charge on any atom is -0.486 e. The number of hydrogen-bond donors (Lipinski definition) is 1. The lowest BCUT2D eigenvalue weighted by Gasteiger charge is -2.19. The van der Waals surface area contributed by atoms with Crippen LogP contribution in [0.2, 0.25) is 0 Å². The molecular weight excluding hydrogens is 328 g/mol. The first-order valence-electron chi connectivity index (χ1n) is 8.65. The highest BCUT2D eigenvalue weighted by atomic mass is 16.6. The third-order valence-corrected chi connectivity index (χ3v) is 4.40. The van der Waals surface area contributed by atoms with E-state index in [0.29, 0.717) is 25.3 Å². The van der Waals surface area contributed by atoms with E-state index in [1.165, 1.54) is 0 Å². The van der Waals surface area contributed by atoms with Crippen molar-refractivity contribution in [1.82, 2.24) is 10.3 Å². The average molecular weight is 348 g/mol. The number of aryl methyl sites for hydroxylation is 2. The highest BCUT2D eigenvalue weighted by Gasteiger charge is 2.14. The van der Waals surface area contributed by atoms with Crippen molar-refractivity contribution in [3.05, 3.63) is 64.8 Å². The summed E-state index contributed by atoms with van der Waals surface area (Å²) in [4.78, 5) is 17.3. The van der Waals surface area contributed by atoms with Crippen LogP contribution in [-0.2, 0) is 6.54 Å². The van der Waals surface area contributed by atoms with Gasteiger partial charge in [-0.2, -0.15) is 0 Å². The van der Waals surface area contributed by atoms with Crippen molar-refractivity contribution in [1.29, 1.82) is 0 Å². The number of fused-ring (bicyclic) bond motifs is 2. The van der Waals surface area contributed by atoms with Crippen LogP contribution in [-0.4, -0.2) is 24.1 Å². The molecule has 0 unspecified atom stereocenters. The van der Waals surface area contributed by atoms with Gasteiger partial charge in [0.2, 0.25) is 0 Å². The van der Waals surface area contributed by atoms with E-state index in [-0.39, 0.29) is 5.91 Å². The number of benzene rings is 2. The van der Waals surface area contributed by atoms with Gasteiger partial charge in [-0.3, -0.25) is 9.78 Å². The first-order valence-corrected chi connectivity index (χ1v) is 8.65. The first kappa shape index (κ1) is 16.4. The summed E-state index contributed by atoms with van der Waals surface area (Å²) in [5.74, 6) is 1.36. The molecule has 0 atom stereocenters. The zero-order chi connectivity index (χ0) is 18.1. The van der Waals surface area contributed by atoms with Gasteiger partial charge in [0.25, 0.3) is 5.91 Å². The number of aromatic nitrogens is 1. The van der Waals surface area contributed by atoms with Crippen LogP contribution >= 0.6 is 0 Å². The van der Waals surface area contributed by atoms with Crippen LogP contribution in [0.25, 0.3) is 10.9 Å². The standard InChI is InChI=1S/C21H20N2O3/c1-13-3-5-18-16(9-13)17(10-14(2)23-18)21(24)22-12-15-4-6-19-20(11-15)26-8-7-25-19/h3-6,9-11H,7-8,12H2,1-2H3,(H,22,24). The Hall–Kier alpha value is -3.08. The Morgan fingerprint density at radius 1 is 1.04 bits per heavy atom. The molecule has 1 N–H and O–H groups in total. The van der Waals surface area contributed by atoms with Crippen LogP contribution in [0, 0.1) is 13.8 Å². The van der Waals surface area contributed by atoms with E-state index in [1.807, 2.05) is 56.3 Å². The zero-order valence-electron chi connectivity index (χ0n) is 14.8. The number of pyridine rings is 1. The second-order valence-corrected chi connectivity index (χ2v) is 6.49. The van der Waals surface area contributed by atoms with Crippen molar-refractivity contribution < 1.29 is 14.3 Å². The van der Waals surface area contributed by atoms with E-state index in [1.54, 1.807) is 0 Å². The third kappa shape index (κ3) is 3.20. The predicted molar refractivity (Wildman–Crippen MR) is 99.8 cm³/mol. The van der Waals surface area contributed by atoms with Gasteiger partial charge in [-0.05, 0) is 49.7 Å². The van der Waals surface area contributed by atoms with E-state index >= 15 is 0 Å². The lowest BCUT2D eigenvalue weighted by atomic mass is 10.0. The summed E-state index contributed by atoms with van der Waals surface area (Å²) in [6.07, 6.45) is 0. The van der Waals surface area contributed by atoms with E-state index in [2.05, 4.69) is 10.3 Å². The molecule has 0 spiro atoms. The molecule has 0 bridgehead atoms. The van der Waals surface area contributed by atoms with Crippen molar-refractivity contribution in [3.8, 4) is 11.5 Å². The van der Waals surface area contributed by atoms with Crippen molar-refractivity contribution in [2.45, 2.75) is 20.4 Å². The highest BCUT2D eigenvalue weighted by molar-refractivity contribution is 6.06. The van der Waals surface area contributed by atoms with Crippen LogP contribution in [0.1, 0.15) is 27.2 Å². The number of hydrogen-bond acceptors (Lipinski definition) is 4. The molecule has 1 aromatic heterocycles. The Labute approximate surface area is 152 Å². The Morgan fingerprint density at radius 3 is 2.69 bits per heavy atom. The maximum absolute atomic E-state index is 12.8. The molecule has 0 saturated carbocycles. The van der Waals surface area contributed by atoms with Gasteiger partial charge in [0.05, 0.1) is 11.1 Å². The highest BCUT2D eigenvalue weighted by Crippen LogP contribution is 2.30. The maximum atomic E-state index is 12.8. The van der Waals surface area contributed by atoms with Crippen LogP contribution in [0.5, 0.6) is 11.5 Å². The van der Waals surface area contributed by atoms with Crippen LogP contribution in [0.3, 0.4) is 0 Å². The normalized spacial score (nSPS) is 12.8. The monoisotopic (exact) mass is 348 g/mol. The molecule has 5 nitrogen and oxygen atoms in total. The summed E-state index contributed by atoms with van der Waals surface area (Å²) in [6, 6.07) is 13.5. The summed E-state index contributed by atoms with van der Waals surface area (Å²) < 4.78 is 11.1. The van der Waals surface area contributed by atoms with Crippen molar-refractivity contribution in [2.75, 3.05) is 13.2 Å². The molecule has 2 heterocycles. The van der Waals surface area contributed by atoms with Crippen LogP contribution in [0.15, 0.2) is 42.5 Å². The number of nitrogens with one attached hydrogen (secondary N) is 1. The zero-order valence-corrected chi connectivity index (χ0v) is 14.8. The molecule has 4 rings (SSSR count). The fourth-order valence-electron chi connectivity index (χ4n) is 3.14. The van der Waals surface area contributed by atoms with Gasteiger partial charge >= 0.3 is 0 Å². The fraction of sp³-hybridized carbons (Fsp3) is 0.238. The van der Waals surface area contributed by atoms with E-state index < -0.39 is 0 Å². The summed E-state index contributed by atoms with van der Waals surface area (Å²) in [5.41, 5.74) is 4.37. The van der Waals surface area contributed by atoms with Gasteiger partial charge in [-0.1, -0.05) is 17.7 Å². The molecular formula is C21H20N2O3. The molecule has 1 aliphatic rings. The smallest absolute Gasteiger partial charge is 0.252 e. The minimum atomic E-state index is -0.110. The van der Waals surface area contributed by atoms with Gasteiger partial charge in [0.15, 0.2) is 11.5 Å². The van der Waals surface area contributed by atoms with Crippen molar-refractivity contribution in [3.63, 3.8) is 0 Å². The largest absolute Gasteiger partial charge is 0.486 e. The number of nitrogens with zero attached hydrogens (tertiary/aromatic N) is 1. The SMILES string of the molecule is Cc1ccc2nc(C)cc(C(=O)NCc3ccc4c(c3)OCCO4)c2c1. The molecule has 26 heavy (non-hydrogen) atoms. The van der Waals surface area contributed by atoms with E-state index in [0.717, 1.165) is 39.2 Å². The summed E-state index contributed by atoms with van der Waals surface area (Å²) in [7, 11) is 0. The molecule has 0 saturated heterocycles. The summed E-state index contributed by atoms with van der Waals surface area (Å²) in [5, 5.41) is 3.87. The van der Waals surface area contributed by atoms with Crippen molar-refractivity contribution in [2.24, 2.45) is 0 Å². The molecule has 3 aromatic rings.